The van der Waals surface area contributed by atoms with E-state index in [-0.39, 0.29) is 5.91 Å². The predicted molar refractivity (Wildman–Crippen MR) is 51.7 cm³/mol. The molecule has 1 unspecified atom stereocenters. The van der Waals surface area contributed by atoms with Gasteiger partial charge in [0.15, 0.2) is 0 Å². The van der Waals surface area contributed by atoms with Crippen LogP contribution in [-0.4, -0.2) is 23.4 Å². The zero-order valence-corrected chi connectivity index (χ0v) is 8.63. The minimum Gasteiger partial charge on any atom is -0.340 e. The van der Waals surface area contributed by atoms with Crippen molar-refractivity contribution in [2.45, 2.75) is 40.2 Å². The molecule has 0 aliphatic carbocycles. The van der Waals surface area contributed by atoms with Gasteiger partial charge in [0, 0.05) is 19.5 Å². The Hall–Kier alpha value is -0.530. The second-order valence-electron chi connectivity index (χ2n) is 3.70. The van der Waals surface area contributed by atoms with Gasteiger partial charge in [0.05, 0.1) is 0 Å². The normalized spacial score (nSPS) is 13.2. The molecule has 0 heterocycles. The molecule has 0 aromatic carbocycles. The van der Waals surface area contributed by atoms with Crippen LogP contribution in [0.5, 0.6) is 0 Å². The molecule has 0 saturated heterocycles. The lowest BCUT2D eigenvalue weighted by atomic mass is 10.1. The molecule has 0 aromatic heterocycles. The molecular formula is C10H20NO. The molecule has 0 fully saturated rings. The number of carbonyl (C=O) groups excluding carboxylic acids is 1. The van der Waals surface area contributed by atoms with E-state index >= 15 is 0 Å². The molecule has 0 rings (SSSR count). The molecule has 0 aliphatic heterocycles. The fourth-order valence-electron chi connectivity index (χ4n) is 1.14. The van der Waals surface area contributed by atoms with Crippen LogP contribution in [0.3, 0.4) is 0 Å². The summed E-state index contributed by atoms with van der Waals surface area (Å²) in [5.41, 5.74) is 0. The van der Waals surface area contributed by atoms with E-state index in [0.29, 0.717) is 12.0 Å². The maximum absolute atomic E-state index is 11.1. The Bertz CT molecular complexity index is 143. The summed E-state index contributed by atoms with van der Waals surface area (Å²) >= 11 is 0. The fraction of sp³-hybridized carbons (Fsp3) is 0.800. The fourth-order valence-corrected chi connectivity index (χ4v) is 1.14. The first-order valence-corrected chi connectivity index (χ1v) is 4.61. The minimum atomic E-state index is -0.0574. The predicted octanol–water partition coefficient (Wildman–Crippen LogP) is 2.10. The van der Waals surface area contributed by atoms with Crippen LogP contribution in [0, 0.1) is 12.8 Å². The number of nitrogens with zero attached hydrogens (tertiary/aromatic N) is 1. The molecule has 0 spiro atoms. The second kappa shape index (κ2) is 5.18. The van der Waals surface area contributed by atoms with E-state index in [4.69, 9.17) is 0 Å². The SMILES string of the molecule is [CH2]C(=O)N(CC(C)C)C(C)CC. The number of amides is 1. The first-order chi connectivity index (χ1) is 5.49. The van der Waals surface area contributed by atoms with Crippen molar-refractivity contribution in [3.63, 3.8) is 0 Å². The van der Waals surface area contributed by atoms with Crippen molar-refractivity contribution >= 4 is 5.91 Å². The number of hydrogen-bond donors (Lipinski definition) is 0. The molecule has 0 bridgehead atoms. The molecule has 0 saturated carbocycles. The average molecular weight is 170 g/mol. The molecular weight excluding hydrogens is 150 g/mol. The van der Waals surface area contributed by atoms with Crippen molar-refractivity contribution in [3.8, 4) is 0 Å². The summed E-state index contributed by atoms with van der Waals surface area (Å²) in [7, 11) is 0. The first-order valence-electron chi connectivity index (χ1n) is 4.61. The van der Waals surface area contributed by atoms with Gasteiger partial charge in [-0.05, 0) is 19.3 Å². The van der Waals surface area contributed by atoms with E-state index in [1.807, 2.05) is 4.90 Å². The van der Waals surface area contributed by atoms with E-state index in [2.05, 4.69) is 34.6 Å². The standard InChI is InChI=1S/C10H20NO/c1-6-9(4)11(10(5)12)7-8(2)3/h8-9H,5-7H2,1-4H3. The molecule has 1 radical (unpaired) electrons. The van der Waals surface area contributed by atoms with Crippen LogP contribution < -0.4 is 0 Å². The molecule has 0 N–H and O–H groups in total. The van der Waals surface area contributed by atoms with Crippen LogP contribution >= 0.6 is 0 Å². The molecule has 12 heavy (non-hydrogen) atoms. The Balaban J connectivity index is 4.13. The Labute approximate surface area is 75.9 Å². The van der Waals surface area contributed by atoms with E-state index < -0.39 is 0 Å². The summed E-state index contributed by atoms with van der Waals surface area (Å²) < 4.78 is 0. The van der Waals surface area contributed by atoms with Crippen LogP contribution in [-0.2, 0) is 4.79 Å². The van der Waals surface area contributed by atoms with Crippen LogP contribution in [0.1, 0.15) is 34.1 Å². The molecule has 0 aromatic rings. The van der Waals surface area contributed by atoms with Gasteiger partial charge in [0.1, 0.15) is 0 Å². The van der Waals surface area contributed by atoms with Crippen molar-refractivity contribution in [3.05, 3.63) is 6.92 Å². The van der Waals surface area contributed by atoms with Gasteiger partial charge < -0.3 is 4.90 Å². The van der Waals surface area contributed by atoms with Gasteiger partial charge in [-0.3, -0.25) is 4.79 Å². The summed E-state index contributed by atoms with van der Waals surface area (Å²) in [4.78, 5) is 12.9. The summed E-state index contributed by atoms with van der Waals surface area (Å²) in [6, 6.07) is 0.317. The van der Waals surface area contributed by atoms with E-state index in [9.17, 15) is 4.79 Å². The van der Waals surface area contributed by atoms with Gasteiger partial charge in [-0.15, -0.1) is 0 Å². The summed E-state index contributed by atoms with van der Waals surface area (Å²) in [5.74, 6) is 0.461. The lowest BCUT2D eigenvalue weighted by Crippen LogP contribution is -2.39. The van der Waals surface area contributed by atoms with Crippen LogP contribution in [0.2, 0.25) is 0 Å². The van der Waals surface area contributed by atoms with Crippen molar-refractivity contribution in [2.24, 2.45) is 5.92 Å². The van der Waals surface area contributed by atoms with E-state index in [0.717, 1.165) is 13.0 Å². The van der Waals surface area contributed by atoms with Crippen molar-refractivity contribution < 1.29 is 4.79 Å². The third-order valence-corrected chi connectivity index (χ3v) is 2.01. The van der Waals surface area contributed by atoms with Crippen LogP contribution in [0.15, 0.2) is 0 Å². The second-order valence-corrected chi connectivity index (χ2v) is 3.70. The molecule has 0 aliphatic rings. The van der Waals surface area contributed by atoms with Crippen LogP contribution in [0.25, 0.3) is 0 Å². The first kappa shape index (κ1) is 11.5. The molecule has 1 atom stereocenters. The monoisotopic (exact) mass is 170 g/mol. The van der Waals surface area contributed by atoms with E-state index in [1.54, 1.807) is 0 Å². The Morgan fingerprint density at radius 2 is 1.92 bits per heavy atom. The van der Waals surface area contributed by atoms with Crippen molar-refractivity contribution in [1.82, 2.24) is 4.90 Å². The Morgan fingerprint density at radius 1 is 1.42 bits per heavy atom. The Kier molecular flexibility index (Phi) is 4.95. The zero-order valence-electron chi connectivity index (χ0n) is 8.63. The molecule has 2 heteroatoms. The smallest absolute Gasteiger partial charge is 0.223 e. The summed E-state index contributed by atoms with van der Waals surface area (Å²) in [6.07, 6.45) is 0.994. The maximum atomic E-state index is 11.1. The van der Waals surface area contributed by atoms with Gasteiger partial charge in [-0.2, -0.15) is 0 Å². The average Bonchev–Trinajstić information content (AvgIpc) is 1.98. The quantitative estimate of drug-likeness (QED) is 0.632. The van der Waals surface area contributed by atoms with Crippen molar-refractivity contribution in [2.75, 3.05) is 6.54 Å². The number of rotatable bonds is 4. The van der Waals surface area contributed by atoms with Crippen molar-refractivity contribution in [1.29, 1.82) is 0 Å². The number of hydrogen-bond acceptors (Lipinski definition) is 1. The Morgan fingerprint density at radius 3 is 2.17 bits per heavy atom. The van der Waals surface area contributed by atoms with Gasteiger partial charge >= 0.3 is 0 Å². The lowest BCUT2D eigenvalue weighted by Gasteiger charge is -2.28. The lowest BCUT2D eigenvalue weighted by molar-refractivity contribution is -0.128. The third kappa shape index (κ3) is 3.74. The molecule has 2 nitrogen and oxygen atoms in total. The summed E-state index contributed by atoms with van der Waals surface area (Å²) in [5, 5.41) is 0. The number of carbonyl (C=O) groups is 1. The van der Waals surface area contributed by atoms with E-state index in [1.165, 1.54) is 0 Å². The molecule has 1 amide bonds. The largest absolute Gasteiger partial charge is 0.340 e. The highest BCUT2D eigenvalue weighted by Crippen LogP contribution is 2.07. The highest BCUT2D eigenvalue weighted by atomic mass is 16.2. The highest BCUT2D eigenvalue weighted by molar-refractivity contribution is 5.80. The highest BCUT2D eigenvalue weighted by Gasteiger charge is 2.15. The van der Waals surface area contributed by atoms with Crippen LogP contribution in [0.4, 0.5) is 0 Å². The minimum absolute atomic E-state index is 0.0574. The zero-order chi connectivity index (χ0) is 9.72. The maximum Gasteiger partial charge on any atom is 0.223 e. The third-order valence-electron chi connectivity index (χ3n) is 2.01. The van der Waals surface area contributed by atoms with Gasteiger partial charge in [0.2, 0.25) is 5.91 Å². The van der Waals surface area contributed by atoms with Gasteiger partial charge in [-0.1, -0.05) is 20.8 Å². The topological polar surface area (TPSA) is 20.3 Å². The summed E-state index contributed by atoms with van der Waals surface area (Å²) in [6.45, 7) is 12.6. The van der Waals surface area contributed by atoms with Gasteiger partial charge in [0.25, 0.3) is 0 Å². The molecule has 71 valence electrons. The van der Waals surface area contributed by atoms with Gasteiger partial charge in [-0.25, -0.2) is 0 Å².